The van der Waals surface area contributed by atoms with E-state index in [1.54, 1.807) is 12.1 Å². The third-order valence-corrected chi connectivity index (χ3v) is 6.84. The van der Waals surface area contributed by atoms with Gasteiger partial charge in [0.15, 0.2) is 0 Å². The van der Waals surface area contributed by atoms with Gasteiger partial charge in [0.1, 0.15) is 5.75 Å². The van der Waals surface area contributed by atoms with Gasteiger partial charge in [-0.2, -0.15) is 0 Å². The fourth-order valence-electron chi connectivity index (χ4n) is 4.57. The molecule has 0 unspecified atom stereocenters. The van der Waals surface area contributed by atoms with E-state index >= 15 is 0 Å². The standard InChI is InChI=1S/C36H30N6O2/c37-33-22-35(42-31-16-12-25(13-17-31)38-24-4-2-1-3-5-24)36(44)23-34(33)41-30-14-10-28(11-15-30)39-26-6-8-27(9-7-26)40-29-18-20-32(43)21-19-29/h1-23,37-43H. The van der Waals surface area contributed by atoms with E-state index in [0.29, 0.717) is 11.4 Å². The summed E-state index contributed by atoms with van der Waals surface area (Å²) in [5.74, 6) is 0.0177. The summed E-state index contributed by atoms with van der Waals surface area (Å²) in [5, 5.41) is 34.3. The van der Waals surface area contributed by atoms with Crippen LogP contribution in [0, 0.1) is 5.41 Å². The molecule has 44 heavy (non-hydrogen) atoms. The molecule has 1 aliphatic rings. The zero-order valence-electron chi connectivity index (χ0n) is 23.6. The van der Waals surface area contributed by atoms with Crippen LogP contribution >= 0.6 is 0 Å². The molecular weight excluding hydrogens is 548 g/mol. The van der Waals surface area contributed by atoms with Gasteiger partial charge in [-0.15, -0.1) is 0 Å². The number of hydrogen-bond acceptors (Lipinski definition) is 8. The van der Waals surface area contributed by atoms with Gasteiger partial charge in [0.2, 0.25) is 5.78 Å². The lowest BCUT2D eigenvalue weighted by molar-refractivity contribution is -0.111. The lowest BCUT2D eigenvalue weighted by Crippen LogP contribution is -2.21. The molecule has 8 heteroatoms. The fourth-order valence-corrected chi connectivity index (χ4v) is 4.57. The van der Waals surface area contributed by atoms with Gasteiger partial charge in [0.25, 0.3) is 0 Å². The van der Waals surface area contributed by atoms with Gasteiger partial charge < -0.3 is 31.7 Å². The molecule has 0 radical (unpaired) electrons. The van der Waals surface area contributed by atoms with Crippen LogP contribution in [0.15, 0.2) is 151 Å². The fraction of sp³-hybridized carbons (Fsp3) is 0. The Morgan fingerprint density at radius 3 is 1.18 bits per heavy atom. The molecule has 0 amide bonds. The maximum absolute atomic E-state index is 12.9. The van der Waals surface area contributed by atoms with Gasteiger partial charge in [0.05, 0.1) is 17.1 Å². The van der Waals surface area contributed by atoms with Crippen LogP contribution in [0.3, 0.4) is 0 Å². The second-order valence-corrected chi connectivity index (χ2v) is 10.2. The summed E-state index contributed by atoms with van der Waals surface area (Å²) in [6.07, 6.45) is 2.98. The summed E-state index contributed by atoms with van der Waals surface area (Å²) in [6.45, 7) is 0. The Morgan fingerprint density at radius 2 is 0.750 bits per heavy atom. The molecule has 6 rings (SSSR count). The monoisotopic (exact) mass is 578 g/mol. The Balaban J connectivity index is 1.02. The van der Waals surface area contributed by atoms with Gasteiger partial charge in [-0.25, -0.2) is 0 Å². The highest BCUT2D eigenvalue weighted by atomic mass is 16.3. The van der Waals surface area contributed by atoms with Crippen LogP contribution in [-0.4, -0.2) is 16.6 Å². The number of allylic oxidation sites excluding steroid dienone is 2. The smallest absolute Gasteiger partial charge is 0.204 e. The summed E-state index contributed by atoms with van der Waals surface area (Å²) in [5.41, 5.74) is 8.07. The zero-order valence-corrected chi connectivity index (χ0v) is 23.6. The van der Waals surface area contributed by atoms with Gasteiger partial charge in [-0.05, 0) is 115 Å². The minimum absolute atomic E-state index is 0.206. The molecule has 0 saturated heterocycles. The molecule has 0 fully saturated rings. The van der Waals surface area contributed by atoms with Crippen molar-refractivity contribution in [2.45, 2.75) is 0 Å². The first-order valence-corrected chi connectivity index (χ1v) is 14.0. The second-order valence-electron chi connectivity index (χ2n) is 10.2. The van der Waals surface area contributed by atoms with Crippen LogP contribution in [0.1, 0.15) is 0 Å². The average molecular weight is 579 g/mol. The topological polar surface area (TPSA) is 121 Å². The van der Waals surface area contributed by atoms with E-state index in [-0.39, 0.29) is 17.2 Å². The molecule has 0 aromatic heterocycles. The van der Waals surface area contributed by atoms with Crippen LogP contribution in [0.25, 0.3) is 0 Å². The number of benzene rings is 5. The maximum atomic E-state index is 12.9. The quantitative estimate of drug-likeness (QED) is 0.0655. The largest absolute Gasteiger partial charge is 0.508 e. The molecule has 0 spiro atoms. The van der Waals surface area contributed by atoms with Crippen molar-refractivity contribution >= 4 is 57.0 Å². The lowest BCUT2D eigenvalue weighted by atomic mass is 10.0. The minimum atomic E-state index is -0.211. The van der Waals surface area contributed by atoms with E-state index in [4.69, 9.17) is 5.41 Å². The van der Waals surface area contributed by atoms with E-state index in [1.807, 2.05) is 115 Å². The maximum Gasteiger partial charge on any atom is 0.204 e. The second kappa shape index (κ2) is 12.7. The first kappa shape index (κ1) is 27.9. The molecule has 0 bridgehead atoms. The molecule has 1 aliphatic carbocycles. The molecule has 5 aromatic carbocycles. The van der Waals surface area contributed by atoms with Crippen molar-refractivity contribution in [3.8, 4) is 5.75 Å². The number of phenolic OH excluding ortho intramolecular Hbond substituents is 1. The van der Waals surface area contributed by atoms with Gasteiger partial charge >= 0.3 is 0 Å². The number of phenols is 1. The van der Waals surface area contributed by atoms with Crippen LogP contribution in [0.4, 0.5) is 45.5 Å². The minimum Gasteiger partial charge on any atom is -0.508 e. The molecule has 7 N–H and O–H groups in total. The predicted molar refractivity (Wildman–Crippen MR) is 180 cm³/mol. The predicted octanol–water partition coefficient (Wildman–Crippen LogP) is 8.52. The van der Waals surface area contributed by atoms with Crippen molar-refractivity contribution in [3.05, 3.63) is 151 Å². The number of hydrogen-bond donors (Lipinski definition) is 7. The number of aromatic hydroxyl groups is 1. The number of rotatable bonds is 10. The molecule has 0 aliphatic heterocycles. The van der Waals surface area contributed by atoms with Crippen molar-refractivity contribution < 1.29 is 9.90 Å². The number of para-hydroxylation sites is 1. The summed E-state index contributed by atoms with van der Waals surface area (Å²) < 4.78 is 0. The summed E-state index contributed by atoms with van der Waals surface area (Å²) in [6, 6.07) is 40.0. The van der Waals surface area contributed by atoms with Gasteiger partial charge in [-0.3, -0.25) is 10.2 Å². The van der Waals surface area contributed by atoms with E-state index in [9.17, 15) is 9.90 Å². The van der Waals surface area contributed by atoms with Gasteiger partial charge in [0, 0.05) is 51.6 Å². The summed E-state index contributed by atoms with van der Waals surface area (Å²) >= 11 is 0. The number of nitrogens with one attached hydrogen (secondary N) is 6. The molecule has 0 heterocycles. The third kappa shape index (κ3) is 7.13. The van der Waals surface area contributed by atoms with E-state index in [1.165, 1.54) is 12.2 Å². The van der Waals surface area contributed by atoms with Crippen molar-refractivity contribution in [3.63, 3.8) is 0 Å². The Labute approximate surface area is 255 Å². The summed E-state index contributed by atoms with van der Waals surface area (Å²) in [4.78, 5) is 12.9. The van der Waals surface area contributed by atoms with Crippen LogP contribution in [0.5, 0.6) is 5.75 Å². The Morgan fingerprint density at radius 1 is 0.409 bits per heavy atom. The highest BCUT2D eigenvalue weighted by Gasteiger charge is 2.18. The van der Waals surface area contributed by atoms with Crippen LogP contribution < -0.4 is 26.6 Å². The number of anilines is 8. The highest BCUT2D eigenvalue weighted by Crippen LogP contribution is 2.25. The van der Waals surface area contributed by atoms with Gasteiger partial charge in [-0.1, -0.05) is 18.2 Å². The SMILES string of the molecule is N=C1C=C(Nc2ccc(Nc3ccccc3)cc2)C(=O)C=C1Nc1ccc(Nc2ccc(Nc3ccc(O)cc3)cc2)cc1. The lowest BCUT2D eigenvalue weighted by Gasteiger charge is -2.18. The van der Waals surface area contributed by atoms with Crippen LogP contribution in [-0.2, 0) is 4.79 Å². The molecule has 8 nitrogen and oxygen atoms in total. The first-order valence-electron chi connectivity index (χ1n) is 14.0. The third-order valence-electron chi connectivity index (χ3n) is 6.84. The average Bonchev–Trinajstić information content (AvgIpc) is 3.04. The zero-order chi connectivity index (χ0) is 30.3. The molecule has 0 atom stereocenters. The van der Waals surface area contributed by atoms with E-state index in [0.717, 1.165) is 45.5 Å². The van der Waals surface area contributed by atoms with Crippen molar-refractivity contribution in [2.24, 2.45) is 0 Å². The number of ketones is 1. The van der Waals surface area contributed by atoms with Crippen LogP contribution in [0.2, 0.25) is 0 Å². The van der Waals surface area contributed by atoms with Crippen molar-refractivity contribution in [1.29, 1.82) is 5.41 Å². The van der Waals surface area contributed by atoms with Crippen molar-refractivity contribution in [2.75, 3.05) is 26.6 Å². The molecule has 216 valence electrons. The molecule has 0 saturated carbocycles. The molecule has 5 aromatic rings. The van der Waals surface area contributed by atoms with E-state index in [2.05, 4.69) is 26.6 Å². The summed E-state index contributed by atoms with van der Waals surface area (Å²) in [7, 11) is 0. The Hall–Kier alpha value is -6.28. The van der Waals surface area contributed by atoms with Crippen molar-refractivity contribution in [1.82, 2.24) is 0 Å². The highest BCUT2D eigenvalue weighted by molar-refractivity contribution is 6.22. The number of carbonyl (C=O) groups excluding carboxylic acids is 1. The Kier molecular flexibility index (Phi) is 8.05. The Bertz CT molecular complexity index is 1830. The normalized spacial score (nSPS) is 12.5. The number of carbonyl (C=O) groups is 1. The first-order chi connectivity index (χ1) is 21.5. The van der Waals surface area contributed by atoms with E-state index < -0.39 is 0 Å². The molecular formula is C36H30N6O2.